The highest BCUT2D eigenvalue weighted by atomic mass is 16.5. The Morgan fingerprint density at radius 2 is 1.82 bits per heavy atom. The molecule has 0 fully saturated rings. The summed E-state index contributed by atoms with van der Waals surface area (Å²) in [6.07, 6.45) is 2.23. The molecule has 1 N–H and O–H groups in total. The number of hydrogen-bond acceptors (Lipinski definition) is 5. The fraction of sp³-hybridized carbons (Fsp3) is 0.312. The molecule has 0 heterocycles. The van der Waals surface area contributed by atoms with Crippen LogP contribution >= 0.6 is 0 Å². The van der Waals surface area contributed by atoms with Crippen molar-refractivity contribution in [2.45, 2.75) is 19.9 Å². The van der Waals surface area contributed by atoms with Gasteiger partial charge < -0.3 is 14.8 Å². The maximum Gasteiger partial charge on any atom is 0.328 e. The van der Waals surface area contributed by atoms with E-state index in [4.69, 9.17) is 9.47 Å². The summed E-state index contributed by atoms with van der Waals surface area (Å²) in [5, 5.41) is 2.42. The molecule has 0 bridgehead atoms. The van der Waals surface area contributed by atoms with Crippen LogP contribution in [0.5, 0.6) is 5.75 Å². The standard InChI is InChI=1S/C16H19NO5/c1-4-22-16(20)11(2)17-15(19)10-9-14(18)12-5-7-13(21-3)8-6-12/h5-11H,4H2,1-3H3,(H,17,19)/b10-9+/t11-/m0/s1. The van der Waals surface area contributed by atoms with Crippen molar-refractivity contribution in [2.24, 2.45) is 0 Å². The van der Waals surface area contributed by atoms with Gasteiger partial charge in [-0.15, -0.1) is 0 Å². The molecule has 1 rings (SSSR count). The maximum atomic E-state index is 11.9. The smallest absolute Gasteiger partial charge is 0.328 e. The number of ketones is 1. The zero-order chi connectivity index (χ0) is 16.5. The van der Waals surface area contributed by atoms with E-state index >= 15 is 0 Å². The van der Waals surface area contributed by atoms with Crippen LogP contribution in [-0.2, 0) is 14.3 Å². The Hall–Kier alpha value is -2.63. The highest BCUT2D eigenvalue weighted by Crippen LogP contribution is 2.11. The van der Waals surface area contributed by atoms with Crippen LogP contribution in [0.3, 0.4) is 0 Å². The summed E-state index contributed by atoms with van der Waals surface area (Å²) in [4.78, 5) is 34.9. The molecule has 0 aliphatic rings. The molecular formula is C16H19NO5. The molecular weight excluding hydrogens is 286 g/mol. The van der Waals surface area contributed by atoms with Crippen molar-refractivity contribution in [2.75, 3.05) is 13.7 Å². The van der Waals surface area contributed by atoms with E-state index in [1.54, 1.807) is 31.2 Å². The molecule has 22 heavy (non-hydrogen) atoms. The molecule has 1 aromatic rings. The average molecular weight is 305 g/mol. The third-order valence-electron chi connectivity index (χ3n) is 2.76. The molecule has 0 aliphatic carbocycles. The Kier molecular flexibility index (Phi) is 6.82. The van der Waals surface area contributed by atoms with Crippen molar-refractivity contribution < 1.29 is 23.9 Å². The van der Waals surface area contributed by atoms with Gasteiger partial charge in [0.1, 0.15) is 11.8 Å². The number of benzene rings is 1. The number of carbonyl (C=O) groups excluding carboxylic acids is 3. The van der Waals surface area contributed by atoms with Crippen molar-refractivity contribution in [3.05, 3.63) is 42.0 Å². The SMILES string of the molecule is CCOC(=O)[C@H](C)NC(=O)/C=C/C(=O)c1ccc(OC)cc1. The van der Waals surface area contributed by atoms with E-state index in [1.165, 1.54) is 14.0 Å². The molecule has 0 radical (unpaired) electrons. The fourth-order valence-corrected chi connectivity index (χ4v) is 1.59. The van der Waals surface area contributed by atoms with Crippen LogP contribution in [0.4, 0.5) is 0 Å². The first-order valence-corrected chi connectivity index (χ1v) is 6.81. The van der Waals surface area contributed by atoms with Gasteiger partial charge in [-0.05, 0) is 44.2 Å². The molecule has 1 aromatic carbocycles. The summed E-state index contributed by atoms with van der Waals surface area (Å²) in [5.41, 5.74) is 0.434. The Morgan fingerprint density at radius 1 is 1.18 bits per heavy atom. The largest absolute Gasteiger partial charge is 0.497 e. The van der Waals surface area contributed by atoms with Crippen LogP contribution in [-0.4, -0.2) is 37.4 Å². The number of carbonyl (C=O) groups is 3. The number of rotatable bonds is 7. The van der Waals surface area contributed by atoms with Gasteiger partial charge in [0.2, 0.25) is 5.91 Å². The van der Waals surface area contributed by atoms with Crippen molar-refractivity contribution in [1.29, 1.82) is 0 Å². The molecule has 118 valence electrons. The van der Waals surface area contributed by atoms with Gasteiger partial charge in [-0.25, -0.2) is 4.79 Å². The number of esters is 1. The first-order chi connectivity index (χ1) is 10.5. The van der Waals surface area contributed by atoms with Crippen LogP contribution in [0.15, 0.2) is 36.4 Å². The monoisotopic (exact) mass is 305 g/mol. The minimum Gasteiger partial charge on any atom is -0.497 e. The van der Waals surface area contributed by atoms with Crippen molar-refractivity contribution in [1.82, 2.24) is 5.32 Å². The van der Waals surface area contributed by atoms with Crippen LogP contribution in [0.1, 0.15) is 24.2 Å². The molecule has 6 heteroatoms. The topological polar surface area (TPSA) is 81.7 Å². The third-order valence-corrected chi connectivity index (χ3v) is 2.76. The number of methoxy groups -OCH3 is 1. The fourth-order valence-electron chi connectivity index (χ4n) is 1.59. The number of allylic oxidation sites excluding steroid dienone is 1. The van der Waals surface area contributed by atoms with Gasteiger partial charge in [-0.2, -0.15) is 0 Å². The van der Waals surface area contributed by atoms with Gasteiger partial charge in [-0.3, -0.25) is 9.59 Å². The van der Waals surface area contributed by atoms with Gasteiger partial charge in [0, 0.05) is 11.6 Å². The van der Waals surface area contributed by atoms with Crippen LogP contribution < -0.4 is 10.1 Å². The summed E-state index contributed by atoms with van der Waals surface area (Å²) in [5.74, 6) is -0.740. The van der Waals surface area contributed by atoms with Gasteiger partial charge >= 0.3 is 5.97 Å². The lowest BCUT2D eigenvalue weighted by molar-refractivity contribution is -0.146. The van der Waals surface area contributed by atoms with Crippen LogP contribution in [0.2, 0.25) is 0 Å². The van der Waals surface area contributed by atoms with E-state index in [0.29, 0.717) is 11.3 Å². The van der Waals surface area contributed by atoms with E-state index in [9.17, 15) is 14.4 Å². The molecule has 1 atom stereocenters. The Labute approximate surface area is 129 Å². The number of nitrogens with one attached hydrogen (secondary N) is 1. The molecule has 0 unspecified atom stereocenters. The number of ether oxygens (including phenoxy) is 2. The zero-order valence-electron chi connectivity index (χ0n) is 12.8. The van der Waals surface area contributed by atoms with Gasteiger partial charge in [0.05, 0.1) is 13.7 Å². The highest BCUT2D eigenvalue weighted by Gasteiger charge is 2.15. The summed E-state index contributed by atoms with van der Waals surface area (Å²) < 4.78 is 9.76. The van der Waals surface area contributed by atoms with E-state index in [2.05, 4.69) is 5.32 Å². The lowest BCUT2D eigenvalue weighted by Gasteiger charge is -2.10. The summed E-state index contributed by atoms with van der Waals surface area (Å²) in [6.45, 7) is 3.43. The second-order valence-corrected chi connectivity index (χ2v) is 4.41. The molecule has 0 aromatic heterocycles. The quantitative estimate of drug-likeness (QED) is 0.469. The number of hydrogen-bond donors (Lipinski definition) is 1. The average Bonchev–Trinajstić information content (AvgIpc) is 2.52. The lowest BCUT2D eigenvalue weighted by Crippen LogP contribution is -2.38. The van der Waals surface area contributed by atoms with Gasteiger partial charge in [0.15, 0.2) is 5.78 Å². The Morgan fingerprint density at radius 3 is 2.36 bits per heavy atom. The molecule has 0 spiro atoms. The van der Waals surface area contributed by atoms with Crippen LogP contribution in [0, 0.1) is 0 Å². The molecule has 0 saturated carbocycles. The van der Waals surface area contributed by atoms with Crippen molar-refractivity contribution >= 4 is 17.7 Å². The second-order valence-electron chi connectivity index (χ2n) is 4.41. The third kappa shape index (κ3) is 5.40. The normalized spacial score (nSPS) is 11.8. The Bertz CT molecular complexity index is 562. The first-order valence-electron chi connectivity index (χ1n) is 6.81. The van der Waals surface area contributed by atoms with E-state index in [0.717, 1.165) is 12.2 Å². The predicted molar refractivity (Wildman–Crippen MR) is 80.7 cm³/mol. The summed E-state index contributed by atoms with van der Waals surface area (Å²) >= 11 is 0. The molecule has 0 aliphatic heterocycles. The van der Waals surface area contributed by atoms with E-state index in [1.807, 2.05) is 0 Å². The highest BCUT2D eigenvalue weighted by molar-refractivity contribution is 6.07. The summed E-state index contributed by atoms with van der Waals surface area (Å²) in [6, 6.07) is 5.75. The van der Waals surface area contributed by atoms with Gasteiger partial charge in [0.25, 0.3) is 0 Å². The first kappa shape index (κ1) is 17.4. The second kappa shape index (κ2) is 8.61. The number of amides is 1. The zero-order valence-corrected chi connectivity index (χ0v) is 12.8. The van der Waals surface area contributed by atoms with Crippen molar-refractivity contribution in [3.8, 4) is 5.75 Å². The molecule has 0 saturated heterocycles. The molecule has 1 amide bonds. The predicted octanol–water partition coefficient (Wildman–Crippen LogP) is 1.50. The van der Waals surface area contributed by atoms with Gasteiger partial charge in [-0.1, -0.05) is 0 Å². The summed E-state index contributed by atoms with van der Waals surface area (Å²) in [7, 11) is 1.53. The lowest BCUT2D eigenvalue weighted by atomic mass is 10.1. The van der Waals surface area contributed by atoms with Crippen molar-refractivity contribution in [3.63, 3.8) is 0 Å². The maximum absolute atomic E-state index is 11.9. The van der Waals surface area contributed by atoms with E-state index < -0.39 is 17.9 Å². The minimum atomic E-state index is -0.770. The van der Waals surface area contributed by atoms with Crippen LogP contribution in [0.25, 0.3) is 0 Å². The minimum absolute atomic E-state index is 0.241. The molecule has 6 nitrogen and oxygen atoms in total. The Balaban J connectivity index is 2.57. The van der Waals surface area contributed by atoms with E-state index in [-0.39, 0.29) is 12.4 Å².